The highest BCUT2D eigenvalue weighted by molar-refractivity contribution is 6.32. The molecular weight excluding hydrogens is 297 g/mol. The molecule has 0 bridgehead atoms. The van der Waals surface area contributed by atoms with Gasteiger partial charge in [0.05, 0.1) is 17.3 Å². The van der Waals surface area contributed by atoms with Gasteiger partial charge in [-0.15, -0.1) is 0 Å². The summed E-state index contributed by atoms with van der Waals surface area (Å²) in [5, 5.41) is 0.311. The lowest BCUT2D eigenvalue weighted by atomic mass is 10.3. The largest absolute Gasteiger partial charge is 0.461 e. The molecule has 21 heavy (non-hydrogen) atoms. The van der Waals surface area contributed by atoms with Gasteiger partial charge in [0.25, 0.3) is 0 Å². The van der Waals surface area contributed by atoms with Crippen molar-refractivity contribution >= 4 is 23.4 Å². The number of anilines is 1. The van der Waals surface area contributed by atoms with Crippen LogP contribution in [0.5, 0.6) is 0 Å². The maximum absolute atomic E-state index is 13.5. The third-order valence-electron chi connectivity index (χ3n) is 2.92. The zero-order valence-electron chi connectivity index (χ0n) is 11.7. The van der Waals surface area contributed by atoms with E-state index in [9.17, 15) is 9.18 Å². The molecule has 0 amide bonds. The molecule has 1 aromatic heterocycles. The second-order valence-electron chi connectivity index (χ2n) is 4.27. The van der Waals surface area contributed by atoms with Crippen molar-refractivity contribution in [2.24, 2.45) is 0 Å². The van der Waals surface area contributed by atoms with Crippen LogP contribution in [-0.4, -0.2) is 22.1 Å². The summed E-state index contributed by atoms with van der Waals surface area (Å²) < 4.78 is 19.8. The quantitative estimate of drug-likeness (QED) is 0.881. The van der Waals surface area contributed by atoms with Crippen LogP contribution in [0.2, 0.25) is 5.02 Å². The smallest absolute Gasteiger partial charge is 0.360 e. The molecular formula is C14H15ClFN3O2. The van der Waals surface area contributed by atoms with Gasteiger partial charge >= 0.3 is 5.97 Å². The molecule has 1 aromatic carbocycles. The van der Waals surface area contributed by atoms with Crippen molar-refractivity contribution < 1.29 is 13.9 Å². The Bertz CT molecular complexity index is 685. The Morgan fingerprint density at radius 1 is 1.48 bits per heavy atom. The number of halogens is 2. The van der Waals surface area contributed by atoms with Crippen molar-refractivity contribution in [2.75, 3.05) is 12.3 Å². The molecule has 0 aliphatic heterocycles. The van der Waals surface area contributed by atoms with Gasteiger partial charge in [-0.3, -0.25) is 4.57 Å². The summed E-state index contributed by atoms with van der Waals surface area (Å²) in [6.07, 6.45) is 0.496. The number of ether oxygens (including phenoxy) is 1. The van der Waals surface area contributed by atoms with Crippen molar-refractivity contribution in [2.45, 2.75) is 20.3 Å². The SMILES string of the molecule is CCOC(=O)c1nc(CC)n(-c2cc(F)ccc2Cl)c1N. The van der Waals surface area contributed by atoms with Crippen molar-refractivity contribution in [3.05, 3.63) is 40.6 Å². The van der Waals surface area contributed by atoms with Crippen LogP contribution in [-0.2, 0) is 11.2 Å². The number of carbonyl (C=O) groups is 1. The van der Waals surface area contributed by atoms with Gasteiger partial charge in [-0.2, -0.15) is 0 Å². The monoisotopic (exact) mass is 311 g/mol. The van der Waals surface area contributed by atoms with E-state index in [1.165, 1.54) is 22.8 Å². The number of esters is 1. The molecule has 2 aromatic rings. The highest BCUT2D eigenvalue weighted by Crippen LogP contribution is 2.28. The fourth-order valence-corrected chi connectivity index (χ4v) is 2.20. The number of nitrogens with zero attached hydrogens (tertiary/aromatic N) is 2. The topological polar surface area (TPSA) is 70.1 Å². The fourth-order valence-electron chi connectivity index (χ4n) is 1.99. The number of hydrogen-bond acceptors (Lipinski definition) is 4. The van der Waals surface area contributed by atoms with Gasteiger partial charge < -0.3 is 10.5 Å². The Kier molecular flexibility index (Phi) is 4.47. The van der Waals surface area contributed by atoms with Gasteiger partial charge in [0.1, 0.15) is 17.5 Å². The number of aromatic nitrogens is 2. The van der Waals surface area contributed by atoms with Crippen LogP contribution in [0.25, 0.3) is 5.69 Å². The Balaban J connectivity index is 2.63. The number of carbonyl (C=O) groups excluding carboxylic acids is 1. The molecule has 7 heteroatoms. The van der Waals surface area contributed by atoms with E-state index in [0.717, 1.165) is 0 Å². The first-order valence-electron chi connectivity index (χ1n) is 6.49. The molecule has 1 heterocycles. The molecule has 0 fully saturated rings. The maximum atomic E-state index is 13.5. The van der Waals surface area contributed by atoms with Crippen LogP contribution in [0.4, 0.5) is 10.2 Å². The number of benzene rings is 1. The molecule has 112 valence electrons. The second-order valence-corrected chi connectivity index (χ2v) is 4.67. The minimum atomic E-state index is -0.615. The first-order valence-corrected chi connectivity index (χ1v) is 6.87. The van der Waals surface area contributed by atoms with Gasteiger partial charge in [0, 0.05) is 6.42 Å². The van der Waals surface area contributed by atoms with Crippen LogP contribution in [0.3, 0.4) is 0 Å². The van der Waals surface area contributed by atoms with Gasteiger partial charge in [-0.25, -0.2) is 14.2 Å². The van der Waals surface area contributed by atoms with Gasteiger partial charge in [-0.1, -0.05) is 18.5 Å². The van der Waals surface area contributed by atoms with E-state index >= 15 is 0 Å². The molecule has 0 saturated carbocycles. The van der Waals surface area contributed by atoms with Crippen LogP contribution < -0.4 is 5.73 Å². The minimum absolute atomic E-state index is 0.00836. The zero-order chi connectivity index (χ0) is 15.6. The van der Waals surface area contributed by atoms with E-state index in [4.69, 9.17) is 22.1 Å². The van der Waals surface area contributed by atoms with Gasteiger partial charge in [-0.05, 0) is 25.1 Å². The summed E-state index contributed by atoms with van der Waals surface area (Å²) in [6, 6.07) is 3.92. The molecule has 0 aliphatic rings. The number of rotatable bonds is 4. The predicted octanol–water partition coefficient (Wildman–Crippen LogP) is 2.99. The molecule has 5 nitrogen and oxygen atoms in total. The van der Waals surface area contributed by atoms with Crippen molar-refractivity contribution in [3.63, 3.8) is 0 Å². The summed E-state index contributed by atoms with van der Waals surface area (Å²) >= 11 is 6.09. The normalized spacial score (nSPS) is 10.7. The third-order valence-corrected chi connectivity index (χ3v) is 3.24. The number of aryl methyl sites for hydroxylation is 1. The molecule has 0 spiro atoms. The molecule has 2 rings (SSSR count). The van der Waals surface area contributed by atoms with Crippen LogP contribution in [0, 0.1) is 5.82 Å². The summed E-state index contributed by atoms with van der Waals surface area (Å²) in [4.78, 5) is 16.0. The second kappa shape index (κ2) is 6.13. The summed E-state index contributed by atoms with van der Waals surface area (Å²) in [5.41, 5.74) is 6.33. The number of imidazole rings is 1. The van der Waals surface area contributed by atoms with E-state index in [1.54, 1.807) is 6.92 Å². The average molecular weight is 312 g/mol. The first-order chi connectivity index (χ1) is 9.99. The minimum Gasteiger partial charge on any atom is -0.461 e. The Morgan fingerprint density at radius 3 is 2.81 bits per heavy atom. The molecule has 0 unspecified atom stereocenters. The van der Waals surface area contributed by atoms with E-state index in [-0.39, 0.29) is 18.1 Å². The first kappa shape index (κ1) is 15.3. The zero-order valence-corrected chi connectivity index (χ0v) is 12.4. The summed E-state index contributed by atoms with van der Waals surface area (Å²) in [6.45, 7) is 3.75. The predicted molar refractivity (Wildman–Crippen MR) is 78.3 cm³/mol. The van der Waals surface area contributed by atoms with E-state index in [0.29, 0.717) is 23.0 Å². The van der Waals surface area contributed by atoms with Crippen LogP contribution in [0.1, 0.15) is 30.2 Å². The molecule has 0 aliphatic carbocycles. The van der Waals surface area contributed by atoms with Crippen molar-refractivity contribution in [3.8, 4) is 5.69 Å². The molecule has 2 N–H and O–H groups in total. The van der Waals surface area contributed by atoms with Crippen molar-refractivity contribution in [1.82, 2.24) is 9.55 Å². The van der Waals surface area contributed by atoms with Crippen LogP contribution in [0.15, 0.2) is 18.2 Å². The fraction of sp³-hybridized carbons (Fsp3) is 0.286. The van der Waals surface area contributed by atoms with E-state index in [1.807, 2.05) is 6.92 Å². The van der Waals surface area contributed by atoms with E-state index in [2.05, 4.69) is 4.98 Å². The summed E-state index contributed by atoms with van der Waals surface area (Å²) in [7, 11) is 0. The third kappa shape index (κ3) is 2.85. The Morgan fingerprint density at radius 2 is 2.19 bits per heavy atom. The van der Waals surface area contributed by atoms with Crippen molar-refractivity contribution in [1.29, 1.82) is 0 Å². The highest BCUT2D eigenvalue weighted by atomic mass is 35.5. The molecule has 0 atom stereocenters. The molecule has 0 saturated heterocycles. The Hall–Kier alpha value is -2.08. The maximum Gasteiger partial charge on any atom is 0.360 e. The number of nitrogens with two attached hydrogens (primary N) is 1. The number of hydrogen-bond donors (Lipinski definition) is 1. The lowest BCUT2D eigenvalue weighted by Crippen LogP contribution is -2.10. The standard InChI is InChI=1S/C14H15ClFN3O2/c1-3-11-18-12(14(20)21-4-2)13(17)19(11)10-7-8(16)5-6-9(10)15/h5-7H,3-4,17H2,1-2H3. The summed E-state index contributed by atoms with van der Waals surface area (Å²) in [5.74, 6) is -0.487. The van der Waals surface area contributed by atoms with E-state index < -0.39 is 11.8 Å². The van der Waals surface area contributed by atoms with Gasteiger partial charge in [0.15, 0.2) is 5.69 Å². The Labute approximate surface area is 126 Å². The lowest BCUT2D eigenvalue weighted by molar-refractivity contribution is 0.0521. The lowest BCUT2D eigenvalue weighted by Gasteiger charge is -2.11. The van der Waals surface area contributed by atoms with Gasteiger partial charge in [0.2, 0.25) is 0 Å². The molecule has 0 radical (unpaired) electrons. The average Bonchev–Trinajstić information content (AvgIpc) is 2.78. The highest BCUT2D eigenvalue weighted by Gasteiger charge is 2.23. The number of nitrogen functional groups attached to an aromatic ring is 1. The van der Waals surface area contributed by atoms with Crippen LogP contribution >= 0.6 is 11.6 Å².